The van der Waals surface area contributed by atoms with Gasteiger partial charge in [-0.05, 0) is 17.7 Å². The molecule has 0 saturated heterocycles. The van der Waals surface area contributed by atoms with E-state index in [-0.39, 0.29) is 0 Å². The fourth-order valence-corrected chi connectivity index (χ4v) is 2.20. The molecule has 2 aromatic carbocycles. The summed E-state index contributed by atoms with van der Waals surface area (Å²) in [7, 11) is 0. The minimum atomic E-state index is -0.642. The van der Waals surface area contributed by atoms with Crippen LogP contribution in [0, 0.1) is 0 Å². The maximum absolute atomic E-state index is 11.9. The zero-order valence-corrected chi connectivity index (χ0v) is 11.2. The average molecular weight is 279 g/mol. The molecule has 0 N–H and O–H groups in total. The van der Waals surface area contributed by atoms with Crippen LogP contribution in [0.2, 0.25) is 0 Å². The Labute approximate surface area is 120 Å². The first-order valence-corrected chi connectivity index (χ1v) is 6.60. The van der Waals surface area contributed by atoms with Crippen molar-refractivity contribution in [2.75, 3.05) is 0 Å². The Morgan fingerprint density at radius 2 is 1.67 bits per heavy atom. The molecule has 0 unspecified atom stereocenters. The van der Waals surface area contributed by atoms with Gasteiger partial charge in [0, 0.05) is 6.54 Å². The molecule has 0 saturated carbocycles. The van der Waals surface area contributed by atoms with Crippen LogP contribution in [-0.2, 0) is 6.54 Å². The number of allylic oxidation sites excluding steroid dienone is 1. The average Bonchev–Trinajstić information content (AvgIpc) is 2.51. The van der Waals surface area contributed by atoms with E-state index in [9.17, 15) is 9.59 Å². The number of rotatable bonds is 3. The Hall–Kier alpha value is -2.88. The van der Waals surface area contributed by atoms with E-state index in [2.05, 4.69) is 0 Å². The van der Waals surface area contributed by atoms with Gasteiger partial charge in [-0.25, -0.2) is 9.59 Å². The van der Waals surface area contributed by atoms with Gasteiger partial charge in [-0.15, -0.1) is 0 Å². The van der Waals surface area contributed by atoms with Gasteiger partial charge in [0.25, 0.3) is 0 Å². The molecule has 0 aliphatic rings. The topological polar surface area (TPSA) is 52.2 Å². The van der Waals surface area contributed by atoms with Crippen molar-refractivity contribution in [3.8, 4) is 0 Å². The number of hydrogen-bond acceptors (Lipinski definition) is 3. The van der Waals surface area contributed by atoms with Gasteiger partial charge in [-0.1, -0.05) is 54.6 Å². The highest BCUT2D eigenvalue weighted by molar-refractivity contribution is 5.77. The summed E-state index contributed by atoms with van der Waals surface area (Å²) >= 11 is 0. The maximum atomic E-state index is 11.9. The minimum absolute atomic E-state index is 0.345. The normalized spacial score (nSPS) is 11.2. The predicted molar refractivity (Wildman–Crippen MR) is 82.2 cm³/mol. The highest BCUT2D eigenvalue weighted by Crippen LogP contribution is 2.08. The molecule has 3 aromatic rings. The maximum Gasteiger partial charge on any atom is 0.422 e. The molecule has 0 atom stereocenters. The fraction of sp³-hybridized carbons (Fsp3) is 0.0588. The van der Waals surface area contributed by atoms with Crippen molar-refractivity contribution in [3.63, 3.8) is 0 Å². The fourth-order valence-electron chi connectivity index (χ4n) is 2.20. The summed E-state index contributed by atoms with van der Waals surface area (Å²) in [6.07, 6.45) is 3.79. The monoisotopic (exact) mass is 279 g/mol. The summed E-state index contributed by atoms with van der Waals surface area (Å²) in [5, 5.41) is 0.408. The SMILES string of the molecule is O=c1oc(=O)n(CC=Cc2ccccc2)c2ccccc12. The van der Waals surface area contributed by atoms with Gasteiger partial charge in [0.2, 0.25) is 0 Å². The van der Waals surface area contributed by atoms with Gasteiger partial charge < -0.3 is 4.42 Å². The van der Waals surface area contributed by atoms with E-state index < -0.39 is 11.4 Å². The highest BCUT2D eigenvalue weighted by atomic mass is 16.4. The standard InChI is InChI=1S/C17H13NO3/c19-16-14-10-4-5-11-15(14)18(17(20)21-16)12-6-9-13-7-2-1-3-8-13/h1-11H,12H2. The van der Waals surface area contributed by atoms with Crippen molar-refractivity contribution in [1.82, 2.24) is 4.57 Å². The van der Waals surface area contributed by atoms with Gasteiger partial charge >= 0.3 is 11.4 Å². The molecular formula is C17H13NO3. The molecule has 0 spiro atoms. The molecular weight excluding hydrogens is 266 g/mol. The summed E-state index contributed by atoms with van der Waals surface area (Å²) < 4.78 is 6.18. The van der Waals surface area contributed by atoms with Crippen molar-refractivity contribution in [1.29, 1.82) is 0 Å². The van der Waals surface area contributed by atoms with Crippen molar-refractivity contribution >= 4 is 17.0 Å². The van der Waals surface area contributed by atoms with E-state index in [1.807, 2.05) is 42.5 Å². The predicted octanol–water partition coefficient (Wildman–Crippen LogP) is 2.67. The number of benzene rings is 2. The number of nitrogens with zero attached hydrogens (tertiary/aromatic N) is 1. The van der Waals surface area contributed by atoms with E-state index in [1.54, 1.807) is 24.3 Å². The quantitative estimate of drug-likeness (QED) is 0.740. The number of hydrogen-bond donors (Lipinski definition) is 0. The van der Waals surface area contributed by atoms with E-state index in [1.165, 1.54) is 4.57 Å². The Kier molecular flexibility index (Phi) is 3.51. The van der Waals surface area contributed by atoms with Gasteiger partial charge in [-0.3, -0.25) is 4.57 Å². The third kappa shape index (κ3) is 2.69. The van der Waals surface area contributed by atoms with Crippen LogP contribution in [0.1, 0.15) is 5.56 Å². The molecule has 21 heavy (non-hydrogen) atoms. The second-order valence-electron chi connectivity index (χ2n) is 4.60. The van der Waals surface area contributed by atoms with Crippen molar-refractivity contribution in [2.24, 2.45) is 0 Å². The Bertz CT molecular complexity index is 904. The van der Waals surface area contributed by atoms with Crippen LogP contribution in [0.3, 0.4) is 0 Å². The van der Waals surface area contributed by atoms with E-state index in [0.717, 1.165) is 5.56 Å². The second kappa shape index (κ2) is 5.63. The van der Waals surface area contributed by atoms with Gasteiger partial charge in [0.05, 0.1) is 10.9 Å². The lowest BCUT2D eigenvalue weighted by molar-refractivity contribution is 0.426. The Morgan fingerprint density at radius 1 is 0.952 bits per heavy atom. The Balaban J connectivity index is 2.00. The van der Waals surface area contributed by atoms with Crippen LogP contribution < -0.4 is 11.4 Å². The van der Waals surface area contributed by atoms with E-state index in [0.29, 0.717) is 17.4 Å². The van der Waals surface area contributed by atoms with E-state index >= 15 is 0 Å². The van der Waals surface area contributed by atoms with Crippen LogP contribution in [0.5, 0.6) is 0 Å². The number of fused-ring (bicyclic) bond motifs is 1. The first-order chi connectivity index (χ1) is 10.3. The van der Waals surface area contributed by atoms with Gasteiger partial charge in [0.15, 0.2) is 0 Å². The van der Waals surface area contributed by atoms with Crippen LogP contribution in [0.25, 0.3) is 17.0 Å². The van der Waals surface area contributed by atoms with Crippen molar-refractivity contribution in [3.05, 3.63) is 87.2 Å². The number of para-hydroxylation sites is 1. The first kappa shape index (κ1) is 13.1. The molecule has 3 rings (SSSR count). The second-order valence-corrected chi connectivity index (χ2v) is 4.60. The lowest BCUT2D eigenvalue weighted by atomic mass is 10.2. The van der Waals surface area contributed by atoms with Crippen LogP contribution in [0.4, 0.5) is 0 Å². The summed E-state index contributed by atoms with van der Waals surface area (Å²) in [5.74, 6) is -0.642. The van der Waals surface area contributed by atoms with Crippen LogP contribution >= 0.6 is 0 Å². The molecule has 0 radical (unpaired) electrons. The molecule has 1 aromatic heterocycles. The molecule has 0 fully saturated rings. The zero-order chi connectivity index (χ0) is 14.7. The summed E-state index contributed by atoms with van der Waals surface area (Å²) in [5.41, 5.74) is 1.03. The summed E-state index contributed by atoms with van der Waals surface area (Å²) in [6.45, 7) is 0.345. The molecule has 4 nitrogen and oxygen atoms in total. The molecule has 4 heteroatoms. The molecule has 104 valence electrons. The van der Waals surface area contributed by atoms with Crippen molar-refractivity contribution < 1.29 is 4.42 Å². The van der Waals surface area contributed by atoms with Gasteiger partial charge in [0.1, 0.15) is 0 Å². The lowest BCUT2D eigenvalue weighted by Gasteiger charge is -2.05. The Morgan fingerprint density at radius 3 is 2.48 bits per heavy atom. The number of aromatic nitrogens is 1. The third-order valence-corrected chi connectivity index (χ3v) is 3.21. The summed E-state index contributed by atoms with van der Waals surface area (Å²) in [4.78, 5) is 23.5. The molecule has 0 amide bonds. The first-order valence-electron chi connectivity index (χ1n) is 6.60. The van der Waals surface area contributed by atoms with Crippen LogP contribution in [0.15, 0.2) is 74.7 Å². The lowest BCUT2D eigenvalue weighted by Crippen LogP contribution is -2.24. The zero-order valence-electron chi connectivity index (χ0n) is 11.2. The minimum Gasteiger partial charge on any atom is -0.372 e. The molecule has 0 aliphatic carbocycles. The van der Waals surface area contributed by atoms with E-state index in [4.69, 9.17) is 4.42 Å². The molecule has 1 heterocycles. The largest absolute Gasteiger partial charge is 0.422 e. The molecule has 0 bridgehead atoms. The third-order valence-electron chi connectivity index (χ3n) is 3.21. The van der Waals surface area contributed by atoms with Crippen molar-refractivity contribution in [2.45, 2.75) is 6.54 Å². The smallest absolute Gasteiger partial charge is 0.372 e. The molecule has 0 aliphatic heterocycles. The van der Waals surface area contributed by atoms with Crippen LogP contribution in [-0.4, -0.2) is 4.57 Å². The summed E-state index contributed by atoms with van der Waals surface area (Å²) in [6, 6.07) is 16.7. The highest BCUT2D eigenvalue weighted by Gasteiger charge is 2.06. The van der Waals surface area contributed by atoms with Gasteiger partial charge in [-0.2, -0.15) is 0 Å².